The first kappa shape index (κ1) is 9.87. The molecule has 1 aliphatic heterocycles. The van der Waals surface area contributed by atoms with Gasteiger partial charge in [0.1, 0.15) is 0 Å². The summed E-state index contributed by atoms with van der Waals surface area (Å²) in [5, 5.41) is 12.4. The van der Waals surface area contributed by atoms with E-state index >= 15 is 0 Å². The van der Waals surface area contributed by atoms with Gasteiger partial charge < -0.3 is 10.4 Å². The molecule has 0 amide bonds. The lowest BCUT2D eigenvalue weighted by molar-refractivity contribution is 0.267. The van der Waals surface area contributed by atoms with Gasteiger partial charge in [0.05, 0.1) is 6.61 Å². The molecule has 14 heavy (non-hydrogen) atoms. The molecule has 1 atom stereocenters. The van der Waals surface area contributed by atoms with Crippen molar-refractivity contribution in [3.63, 3.8) is 0 Å². The van der Waals surface area contributed by atoms with Crippen molar-refractivity contribution in [2.75, 3.05) is 18.2 Å². The second-order valence-corrected chi connectivity index (χ2v) is 4.40. The number of aliphatic hydroxyl groups is 1. The molecule has 0 fully saturated rings. The number of hydrogen-bond donors (Lipinski definition) is 2. The van der Waals surface area contributed by atoms with Crippen LogP contribution >= 0.6 is 11.8 Å². The fourth-order valence-electron chi connectivity index (χ4n) is 1.90. The van der Waals surface area contributed by atoms with E-state index in [1.807, 2.05) is 0 Å². The average Bonchev–Trinajstić information content (AvgIpc) is 2.27. The fourth-order valence-corrected chi connectivity index (χ4v) is 2.57. The van der Waals surface area contributed by atoms with E-state index in [-0.39, 0.29) is 12.6 Å². The summed E-state index contributed by atoms with van der Waals surface area (Å²) in [5.74, 6) is 0. The molecule has 0 spiro atoms. The highest BCUT2D eigenvalue weighted by molar-refractivity contribution is 7.98. The second-order valence-electron chi connectivity index (χ2n) is 3.55. The molecule has 3 heteroatoms. The number of anilines is 1. The molecule has 76 valence electrons. The van der Waals surface area contributed by atoms with Crippen molar-refractivity contribution in [2.45, 2.75) is 23.8 Å². The molecule has 1 aromatic carbocycles. The van der Waals surface area contributed by atoms with Crippen LogP contribution in [0.2, 0.25) is 0 Å². The highest BCUT2D eigenvalue weighted by atomic mass is 32.2. The quantitative estimate of drug-likeness (QED) is 0.732. The van der Waals surface area contributed by atoms with Gasteiger partial charge >= 0.3 is 0 Å². The van der Waals surface area contributed by atoms with Gasteiger partial charge in [-0.3, -0.25) is 0 Å². The minimum atomic E-state index is 0.225. The topological polar surface area (TPSA) is 32.3 Å². The molecule has 1 heterocycles. The monoisotopic (exact) mass is 209 g/mol. The van der Waals surface area contributed by atoms with Gasteiger partial charge in [0.25, 0.3) is 0 Å². The summed E-state index contributed by atoms with van der Waals surface area (Å²) in [6, 6.07) is 6.55. The van der Waals surface area contributed by atoms with Crippen molar-refractivity contribution < 1.29 is 5.11 Å². The molecular weight excluding hydrogens is 194 g/mol. The van der Waals surface area contributed by atoms with Crippen molar-refractivity contribution >= 4 is 17.4 Å². The van der Waals surface area contributed by atoms with E-state index in [1.165, 1.54) is 16.1 Å². The third kappa shape index (κ3) is 1.74. The minimum Gasteiger partial charge on any atom is -0.394 e. The molecule has 1 unspecified atom stereocenters. The van der Waals surface area contributed by atoms with Gasteiger partial charge in [-0.15, -0.1) is 11.8 Å². The molecule has 1 aliphatic rings. The lowest BCUT2D eigenvalue weighted by Crippen LogP contribution is -2.28. The minimum absolute atomic E-state index is 0.225. The van der Waals surface area contributed by atoms with Crippen LogP contribution in [0.3, 0.4) is 0 Å². The number of thioether (sulfide) groups is 1. The predicted molar refractivity (Wildman–Crippen MR) is 61.0 cm³/mol. The highest BCUT2D eigenvalue weighted by Crippen LogP contribution is 2.32. The molecule has 1 aromatic rings. The average molecular weight is 209 g/mol. The molecule has 0 aliphatic carbocycles. The van der Waals surface area contributed by atoms with Gasteiger partial charge in [-0.25, -0.2) is 0 Å². The lowest BCUT2D eigenvalue weighted by atomic mass is 9.98. The molecule has 2 nitrogen and oxygen atoms in total. The summed E-state index contributed by atoms with van der Waals surface area (Å²) in [6.45, 7) is 0.225. The Morgan fingerprint density at radius 1 is 1.57 bits per heavy atom. The number of aliphatic hydroxyl groups excluding tert-OH is 1. The number of fused-ring (bicyclic) bond motifs is 1. The first-order chi connectivity index (χ1) is 6.85. The molecular formula is C11H15NOS. The Labute approximate surface area is 88.7 Å². The number of benzene rings is 1. The molecule has 0 saturated heterocycles. The van der Waals surface area contributed by atoms with Gasteiger partial charge in [-0.2, -0.15) is 0 Å². The van der Waals surface area contributed by atoms with Crippen molar-refractivity contribution in [1.82, 2.24) is 0 Å². The van der Waals surface area contributed by atoms with Crippen molar-refractivity contribution in [3.8, 4) is 0 Å². The lowest BCUT2D eigenvalue weighted by Gasteiger charge is -2.26. The summed E-state index contributed by atoms with van der Waals surface area (Å²) < 4.78 is 0. The van der Waals surface area contributed by atoms with Crippen molar-refractivity contribution in [1.29, 1.82) is 0 Å². The Hall–Kier alpha value is -0.670. The highest BCUT2D eigenvalue weighted by Gasteiger charge is 2.18. The van der Waals surface area contributed by atoms with Crippen LogP contribution in [0.1, 0.15) is 12.0 Å². The second kappa shape index (κ2) is 4.24. The van der Waals surface area contributed by atoms with Crippen molar-refractivity contribution in [2.24, 2.45) is 0 Å². The summed E-state index contributed by atoms with van der Waals surface area (Å²) in [5.41, 5.74) is 2.60. The van der Waals surface area contributed by atoms with E-state index in [0.717, 1.165) is 12.8 Å². The van der Waals surface area contributed by atoms with E-state index in [9.17, 15) is 0 Å². The Bertz CT molecular complexity index is 327. The van der Waals surface area contributed by atoms with Gasteiger partial charge in [0.2, 0.25) is 0 Å². The third-order valence-corrected chi connectivity index (χ3v) is 3.50. The normalized spacial score (nSPS) is 20.0. The smallest absolute Gasteiger partial charge is 0.0632 e. The van der Waals surface area contributed by atoms with Crippen LogP contribution in [0.15, 0.2) is 23.1 Å². The zero-order chi connectivity index (χ0) is 9.97. The largest absolute Gasteiger partial charge is 0.394 e. The number of hydrogen-bond acceptors (Lipinski definition) is 3. The SMILES string of the molecule is CSc1cccc2c1CCC(CO)N2. The summed E-state index contributed by atoms with van der Waals surface area (Å²) in [4.78, 5) is 1.35. The Morgan fingerprint density at radius 3 is 3.14 bits per heavy atom. The van der Waals surface area contributed by atoms with Crippen LogP contribution in [0.5, 0.6) is 0 Å². The maximum absolute atomic E-state index is 9.08. The van der Waals surface area contributed by atoms with Crippen LogP contribution < -0.4 is 5.32 Å². The first-order valence-corrected chi connectivity index (χ1v) is 6.11. The van der Waals surface area contributed by atoms with E-state index in [2.05, 4.69) is 29.8 Å². The van der Waals surface area contributed by atoms with E-state index < -0.39 is 0 Å². The maximum Gasteiger partial charge on any atom is 0.0632 e. The summed E-state index contributed by atoms with van der Waals surface area (Å²) in [7, 11) is 0. The van der Waals surface area contributed by atoms with Gasteiger partial charge in [-0.05, 0) is 36.8 Å². The first-order valence-electron chi connectivity index (χ1n) is 4.88. The molecule has 2 N–H and O–H groups in total. The van der Waals surface area contributed by atoms with Crippen LogP contribution in [-0.2, 0) is 6.42 Å². The summed E-state index contributed by atoms with van der Waals surface area (Å²) >= 11 is 1.79. The number of rotatable bonds is 2. The third-order valence-electron chi connectivity index (χ3n) is 2.68. The van der Waals surface area contributed by atoms with Crippen LogP contribution in [0.25, 0.3) is 0 Å². The Balaban J connectivity index is 2.30. The van der Waals surface area contributed by atoms with Gasteiger partial charge in [0.15, 0.2) is 0 Å². The Kier molecular flexibility index (Phi) is 2.99. The fraction of sp³-hybridized carbons (Fsp3) is 0.455. The van der Waals surface area contributed by atoms with E-state index in [1.54, 1.807) is 11.8 Å². The van der Waals surface area contributed by atoms with Crippen LogP contribution in [0.4, 0.5) is 5.69 Å². The van der Waals surface area contributed by atoms with E-state index in [4.69, 9.17) is 5.11 Å². The van der Waals surface area contributed by atoms with Crippen LogP contribution in [-0.4, -0.2) is 24.0 Å². The van der Waals surface area contributed by atoms with Crippen LogP contribution in [0, 0.1) is 0 Å². The zero-order valence-electron chi connectivity index (χ0n) is 8.29. The molecule has 0 aromatic heterocycles. The Morgan fingerprint density at radius 2 is 2.43 bits per heavy atom. The summed E-state index contributed by atoms with van der Waals surface area (Å²) in [6.07, 6.45) is 4.21. The van der Waals surface area contributed by atoms with Gasteiger partial charge in [-0.1, -0.05) is 6.07 Å². The zero-order valence-corrected chi connectivity index (χ0v) is 9.10. The van der Waals surface area contributed by atoms with Crippen molar-refractivity contribution in [3.05, 3.63) is 23.8 Å². The molecule has 2 rings (SSSR count). The predicted octanol–water partition coefficient (Wildman–Crippen LogP) is 2.13. The standard InChI is InChI=1S/C11H15NOS/c1-14-11-4-2-3-10-9(11)6-5-8(7-13)12-10/h2-4,8,12-13H,5-7H2,1H3. The van der Waals surface area contributed by atoms with E-state index in [0.29, 0.717) is 0 Å². The van der Waals surface area contributed by atoms with Gasteiger partial charge in [0, 0.05) is 16.6 Å². The maximum atomic E-state index is 9.08. The number of nitrogens with one attached hydrogen (secondary N) is 1. The molecule has 0 radical (unpaired) electrons. The molecule has 0 saturated carbocycles. The molecule has 0 bridgehead atoms.